The quantitative estimate of drug-likeness (QED) is 0.628. The van der Waals surface area contributed by atoms with Crippen molar-refractivity contribution in [3.63, 3.8) is 0 Å². The minimum absolute atomic E-state index is 0.0608. The number of hydrogen-bond acceptors (Lipinski definition) is 3. The molecule has 0 aliphatic heterocycles. The fourth-order valence-electron chi connectivity index (χ4n) is 1.30. The van der Waals surface area contributed by atoms with Gasteiger partial charge in [0.05, 0.1) is 6.17 Å². The number of nitrogens with one attached hydrogen (secondary N) is 1. The number of anilines is 1. The average Bonchev–Trinajstić information content (AvgIpc) is 2.31. The SMILES string of the molecule is C=C/C(F)=C\N(C)C(C)Nc1ncccc1C. The first-order chi connectivity index (χ1) is 8.04. The summed E-state index contributed by atoms with van der Waals surface area (Å²) < 4.78 is 13.0. The molecule has 0 aromatic carbocycles. The predicted molar refractivity (Wildman–Crippen MR) is 69.2 cm³/mol. The Bertz CT molecular complexity index is 415. The molecule has 4 heteroatoms. The molecule has 1 atom stereocenters. The fourth-order valence-corrected chi connectivity index (χ4v) is 1.30. The molecule has 0 radical (unpaired) electrons. The summed E-state index contributed by atoms with van der Waals surface area (Å²) in [6, 6.07) is 3.86. The highest BCUT2D eigenvalue weighted by atomic mass is 19.1. The summed E-state index contributed by atoms with van der Waals surface area (Å²) in [5.41, 5.74) is 1.06. The maximum absolute atomic E-state index is 13.0. The highest BCUT2D eigenvalue weighted by molar-refractivity contribution is 5.43. The lowest BCUT2D eigenvalue weighted by atomic mass is 10.3. The number of pyridine rings is 1. The van der Waals surface area contributed by atoms with E-state index in [-0.39, 0.29) is 12.0 Å². The lowest BCUT2D eigenvalue weighted by Gasteiger charge is -2.25. The van der Waals surface area contributed by atoms with Gasteiger partial charge in [-0.2, -0.15) is 0 Å². The van der Waals surface area contributed by atoms with Crippen LogP contribution in [0.2, 0.25) is 0 Å². The van der Waals surface area contributed by atoms with E-state index in [1.165, 1.54) is 12.3 Å². The van der Waals surface area contributed by atoms with Crippen LogP contribution in [0.1, 0.15) is 12.5 Å². The van der Waals surface area contributed by atoms with Gasteiger partial charge in [0.15, 0.2) is 0 Å². The van der Waals surface area contributed by atoms with E-state index in [0.29, 0.717) is 0 Å². The van der Waals surface area contributed by atoms with Crippen LogP contribution in [0, 0.1) is 6.92 Å². The van der Waals surface area contributed by atoms with E-state index >= 15 is 0 Å². The Labute approximate surface area is 102 Å². The first-order valence-corrected chi connectivity index (χ1v) is 5.44. The van der Waals surface area contributed by atoms with Crippen molar-refractivity contribution in [2.24, 2.45) is 0 Å². The summed E-state index contributed by atoms with van der Waals surface area (Å²) in [5, 5.41) is 3.21. The van der Waals surface area contributed by atoms with E-state index in [9.17, 15) is 4.39 Å². The van der Waals surface area contributed by atoms with Crippen LogP contribution >= 0.6 is 0 Å². The van der Waals surface area contributed by atoms with Crippen LogP contribution in [0.15, 0.2) is 43.0 Å². The summed E-state index contributed by atoms with van der Waals surface area (Å²) in [4.78, 5) is 5.95. The molecule has 1 rings (SSSR count). The van der Waals surface area contributed by atoms with E-state index in [2.05, 4.69) is 16.9 Å². The molecule has 0 bridgehead atoms. The maximum atomic E-state index is 13.0. The predicted octanol–water partition coefficient (Wildman–Crippen LogP) is 3.08. The molecular weight excluding hydrogens is 217 g/mol. The Balaban J connectivity index is 2.69. The normalized spacial score (nSPS) is 13.1. The van der Waals surface area contributed by atoms with Crippen molar-refractivity contribution in [2.45, 2.75) is 20.0 Å². The van der Waals surface area contributed by atoms with Crippen LogP contribution in [0.25, 0.3) is 0 Å². The number of halogens is 1. The third-order valence-corrected chi connectivity index (χ3v) is 2.49. The Hall–Kier alpha value is -1.84. The first-order valence-electron chi connectivity index (χ1n) is 5.44. The summed E-state index contributed by atoms with van der Waals surface area (Å²) in [5.74, 6) is 0.443. The second-order valence-electron chi connectivity index (χ2n) is 3.87. The van der Waals surface area contributed by atoms with Gasteiger partial charge in [-0.05, 0) is 31.6 Å². The van der Waals surface area contributed by atoms with Crippen LogP contribution in [-0.2, 0) is 0 Å². The Morgan fingerprint density at radius 2 is 2.35 bits per heavy atom. The molecule has 0 aliphatic carbocycles. The summed E-state index contributed by atoms with van der Waals surface area (Å²) in [6.45, 7) is 7.27. The van der Waals surface area contributed by atoms with Crippen molar-refractivity contribution in [3.05, 3.63) is 48.6 Å². The first kappa shape index (κ1) is 13.2. The third-order valence-electron chi connectivity index (χ3n) is 2.49. The number of allylic oxidation sites excluding steroid dienone is 2. The monoisotopic (exact) mass is 235 g/mol. The number of nitrogens with zero attached hydrogens (tertiary/aromatic N) is 2. The minimum Gasteiger partial charge on any atom is -0.358 e. The van der Waals surface area contributed by atoms with Gasteiger partial charge in [0.2, 0.25) is 0 Å². The van der Waals surface area contributed by atoms with Crippen molar-refractivity contribution in [3.8, 4) is 0 Å². The molecule has 92 valence electrons. The number of aromatic nitrogens is 1. The van der Waals surface area contributed by atoms with Gasteiger partial charge in [0.1, 0.15) is 11.6 Å². The van der Waals surface area contributed by atoms with Crippen molar-refractivity contribution in [2.75, 3.05) is 12.4 Å². The highest BCUT2D eigenvalue weighted by Gasteiger charge is 2.08. The van der Waals surface area contributed by atoms with Crippen LogP contribution in [-0.4, -0.2) is 23.1 Å². The number of hydrogen-bond donors (Lipinski definition) is 1. The molecule has 0 spiro atoms. The van der Waals surface area contributed by atoms with Crippen molar-refractivity contribution < 1.29 is 4.39 Å². The summed E-state index contributed by atoms with van der Waals surface area (Å²) >= 11 is 0. The van der Waals surface area contributed by atoms with Crippen molar-refractivity contribution in [1.29, 1.82) is 0 Å². The lowest BCUT2D eigenvalue weighted by Crippen LogP contribution is -2.32. The standard InChI is InChI=1S/C13H18FN3/c1-5-12(14)9-17(4)11(3)16-13-10(2)7-6-8-15-13/h5-9,11H,1H2,2-4H3,(H,15,16)/b12-9+. The smallest absolute Gasteiger partial charge is 0.138 e. The van der Waals surface area contributed by atoms with Crippen LogP contribution in [0.3, 0.4) is 0 Å². The van der Waals surface area contributed by atoms with Gasteiger partial charge in [-0.25, -0.2) is 9.37 Å². The van der Waals surface area contributed by atoms with Gasteiger partial charge in [-0.15, -0.1) is 0 Å². The molecule has 0 aliphatic rings. The van der Waals surface area contributed by atoms with E-state index in [1.807, 2.05) is 26.0 Å². The second-order valence-corrected chi connectivity index (χ2v) is 3.87. The van der Waals surface area contributed by atoms with Crippen molar-refractivity contribution in [1.82, 2.24) is 9.88 Å². The summed E-state index contributed by atoms with van der Waals surface area (Å²) in [6.07, 6.45) is 4.23. The zero-order valence-electron chi connectivity index (χ0n) is 10.4. The van der Waals surface area contributed by atoms with Crippen molar-refractivity contribution >= 4 is 5.82 Å². The zero-order chi connectivity index (χ0) is 12.8. The highest BCUT2D eigenvalue weighted by Crippen LogP contribution is 2.12. The molecular formula is C13H18FN3. The molecule has 1 N–H and O–H groups in total. The van der Waals surface area contributed by atoms with Crippen LogP contribution in [0.5, 0.6) is 0 Å². The molecule has 0 amide bonds. The minimum atomic E-state index is -0.362. The van der Waals surface area contributed by atoms with Gasteiger partial charge < -0.3 is 10.2 Å². The Morgan fingerprint density at radius 3 is 2.94 bits per heavy atom. The van der Waals surface area contributed by atoms with Crippen LogP contribution in [0.4, 0.5) is 10.2 Å². The second kappa shape index (κ2) is 6.03. The fraction of sp³-hybridized carbons (Fsp3) is 0.308. The van der Waals surface area contributed by atoms with Gasteiger partial charge in [-0.3, -0.25) is 0 Å². The van der Waals surface area contributed by atoms with Crippen LogP contribution < -0.4 is 5.32 Å². The van der Waals surface area contributed by atoms with E-state index in [4.69, 9.17) is 0 Å². The number of rotatable bonds is 5. The van der Waals surface area contributed by atoms with Gasteiger partial charge in [0, 0.05) is 19.4 Å². The third kappa shape index (κ3) is 3.90. The zero-order valence-corrected chi connectivity index (χ0v) is 10.4. The molecule has 1 unspecified atom stereocenters. The molecule has 3 nitrogen and oxygen atoms in total. The molecule has 0 saturated carbocycles. The number of aryl methyl sites for hydroxylation is 1. The maximum Gasteiger partial charge on any atom is 0.138 e. The van der Waals surface area contributed by atoms with Gasteiger partial charge >= 0.3 is 0 Å². The lowest BCUT2D eigenvalue weighted by molar-refractivity contribution is 0.374. The average molecular weight is 235 g/mol. The topological polar surface area (TPSA) is 28.2 Å². The molecule has 1 heterocycles. The largest absolute Gasteiger partial charge is 0.358 e. The molecule has 17 heavy (non-hydrogen) atoms. The van der Waals surface area contributed by atoms with E-state index in [0.717, 1.165) is 11.4 Å². The molecule has 1 aromatic heterocycles. The van der Waals surface area contributed by atoms with Gasteiger partial charge in [0.25, 0.3) is 0 Å². The molecule has 0 saturated heterocycles. The van der Waals surface area contributed by atoms with E-state index < -0.39 is 0 Å². The summed E-state index contributed by atoms with van der Waals surface area (Å²) in [7, 11) is 1.79. The molecule has 1 aromatic rings. The Kier molecular flexibility index (Phi) is 4.69. The van der Waals surface area contributed by atoms with E-state index in [1.54, 1.807) is 18.1 Å². The van der Waals surface area contributed by atoms with Gasteiger partial charge in [-0.1, -0.05) is 12.6 Å². The molecule has 0 fully saturated rings. The Morgan fingerprint density at radius 1 is 1.65 bits per heavy atom.